The van der Waals surface area contributed by atoms with Crippen molar-refractivity contribution >= 4 is 23.2 Å². The molecule has 0 N–H and O–H groups in total. The van der Waals surface area contributed by atoms with Crippen LogP contribution in [0, 0.1) is 21.4 Å². The van der Waals surface area contributed by atoms with Gasteiger partial charge in [-0.15, -0.1) is 0 Å². The number of hydrogen-bond acceptors (Lipinski definition) is 6. The molecule has 0 saturated heterocycles. The van der Waals surface area contributed by atoms with Crippen LogP contribution in [0.4, 0.5) is 5.69 Å². The van der Waals surface area contributed by atoms with E-state index in [1.54, 1.807) is 19.1 Å². The maximum atomic E-state index is 13.3. The fourth-order valence-electron chi connectivity index (χ4n) is 4.73. The summed E-state index contributed by atoms with van der Waals surface area (Å²) in [5, 5.41) is 11.1. The van der Waals surface area contributed by atoms with Gasteiger partial charge in [0.1, 0.15) is 12.5 Å². The lowest BCUT2D eigenvalue weighted by atomic mass is 9.67. The molecule has 1 unspecified atom stereocenters. The fourth-order valence-corrected chi connectivity index (χ4v) is 4.73. The number of esters is 1. The molecule has 33 heavy (non-hydrogen) atoms. The highest BCUT2D eigenvalue weighted by Crippen LogP contribution is 2.48. The average Bonchev–Trinajstić information content (AvgIpc) is 2.76. The Morgan fingerprint density at radius 2 is 1.79 bits per heavy atom. The third kappa shape index (κ3) is 4.62. The number of allylic oxidation sites excluding steroid dienone is 2. The van der Waals surface area contributed by atoms with Crippen molar-refractivity contribution in [2.75, 3.05) is 0 Å². The minimum Gasteiger partial charge on any atom is -0.460 e. The van der Waals surface area contributed by atoms with Crippen LogP contribution in [0.25, 0.3) is 0 Å². The molecular formula is C26H26N2O5. The lowest BCUT2D eigenvalue weighted by molar-refractivity contribution is -0.384. The van der Waals surface area contributed by atoms with Crippen molar-refractivity contribution in [3.8, 4) is 0 Å². The first-order valence-corrected chi connectivity index (χ1v) is 10.9. The van der Waals surface area contributed by atoms with E-state index in [0.717, 1.165) is 5.56 Å². The number of ether oxygens (including phenoxy) is 1. The molecule has 0 aromatic heterocycles. The Hall–Kier alpha value is -3.61. The lowest BCUT2D eigenvalue weighted by Crippen LogP contribution is -2.39. The van der Waals surface area contributed by atoms with Gasteiger partial charge in [0.25, 0.3) is 5.69 Å². The van der Waals surface area contributed by atoms with Crippen molar-refractivity contribution in [3.05, 3.63) is 87.1 Å². The second kappa shape index (κ2) is 8.73. The number of non-ortho nitro benzene ring substituents is 1. The molecule has 0 amide bonds. The van der Waals surface area contributed by atoms with Crippen LogP contribution in [0.1, 0.15) is 50.7 Å². The number of aliphatic imine (C=N–C) groups is 1. The molecule has 0 radical (unpaired) electrons. The van der Waals surface area contributed by atoms with Crippen LogP contribution in [-0.2, 0) is 20.9 Å². The number of rotatable bonds is 5. The van der Waals surface area contributed by atoms with E-state index in [2.05, 4.69) is 0 Å². The number of carbonyl (C=O) groups is 2. The van der Waals surface area contributed by atoms with Crippen LogP contribution in [-0.4, -0.2) is 22.4 Å². The van der Waals surface area contributed by atoms with Gasteiger partial charge in [0.2, 0.25) is 0 Å². The molecule has 2 aromatic rings. The Morgan fingerprint density at radius 1 is 1.12 bits per heavy atom. The van der Waals surface area contributed by atoms with Gasteiger partial charge in [-0.25, -0.2) is 0 Å². The van der Waals surface area contributed by atoms with E-state index in [1.165, 1.54) is 12.1 Å². The van der Waals surface area contributed by atoms with Crippen LogP contribution >= 0.6 is 0 Å². The van der Waals surface area contributed by atoms with Crippen molar-refractivity contribution in [1.82, 2.24) is 0 Å². The molecule has 170 valence electrons. The van der Waals surface area contributed by atoms with Crippen molar-refractivity contribution in [3.63, 3.8) is 0 Å². The maximum Gasteiger partial charge on any atom is 0.315 e. The van der Waals surface area contributed by atoms with E-state index in [-0.39, 0.29) is 23.5 Å². The van der Waals surface area contributed by atoms with Gasteiger partial charge < -0.3 is 4.74 Å². The van der Waals surface area contributed by atoms with E-state index >= 15 is 0 Å². The first kappa shape index (κ1) is 22.6. The van der Waals surface area contributed by atoms with E-state index in [1.807, 2.05) is 44.2 Å². The van der Waals surface area contributed by atoms with Gasteiger partial charge in [-0.2, -0.15) is 0 Å². The average molecular weight is 447 g/mol. The SMILES string of the molecule is CC1=NC2=C(C(=O)CC(C)(C)C2)[C@@H](c2ccc([N+](=O)[O-])cc2)C1C(=O)OCc1ccccc1. The van der Waals surface area contributed by atoms with Crippen molar-refractivity contribution < 1.29 is 19.2 Å². The molecule has 1 heterocycles. The van der Waals surface area contributed by atoms with Gasteiger partial charge in [-0.3, -0.25) is 24.7 Å². The number of hydrogen-bond donors (Lipinski definition) is 0. The number of Topliss-reactive ketones (excluding diaryl/α,β-unsaturated/α-hetero) is 1. The minimum atomic E-state index is -0.779. The number of nitro benzene ring substituents is 1. The summed E-state index contributed by atoms with van der Waals surface area (Å²) in [6, 6.07) is 15.4. The normalized spacial score (nSPS) is 21.8. The molecule has 2 aromatic carbocycles. The van der Waals surface area contributed by atoms with E-state index in [9.17, 15) is 19.7 Å². The molecule has 2 aliphatic rings. The van der Waals surface area contributed by atoms with Crippen LogP contribution in [0.5, 0.6) is 0 Å². The summed E-state index contributed by atoms with van der Waals surface area (Å²) in [5.74, 6) is -1.88. The molecule has 0 bridgehead atoms. The van der Waals surface area contributed by atoms with Crippen LogP contribution in [0.2, 0.25) is 0 Å². The predicted octanol–water partition coefficient (Wildman–Crippen LogP) is 5.16. The van der Waals surface area contributed by atoms with Crippen LogP contribution in [0.3, 0.4) is 0 Å². The molecule has 0 fully saturated rings. The molecule has 1 aliphatic carbocycles. The highest BCUT2D eigenvalue weighted by atomic mass is 16.6. The Kier molecular flexibility index (Phi) is 5.97. The Bertz CT molecular complexity index is 1160. The summed E-state index contributed by atoms with van der Waals surface area (Å²) in [5.41, 5.74) is 3.06. The van der Waals surface area contributed by atoms with Gasteiger partial charge in [0.15, 0.2) is 5.78 Å². The molecule has 7 heteroatoms. The summed E-state index contributed by atoms with van der Waals surface area (Å²) in [6.07, 6.45) is 0.982. The van der Waals surface area contributed by atoms with Crippen molar-refractivity contribution in [1.29, 1.82) is 0 Å². The Labute approximate surface area is 192 Å². The smallest absolute Gasteiger partial charge is 0.315 e. The van der Waals surface area contributed by atoms with Gasteiger partial charge in [0, 0.05) is 41.5 Å². The summed E-state index contributed by atoms with van der Waals surface area (Å²) in [6.45, 7) is 5.95. The Morgan fingerprint density at radius 3 is 2.42 bits per heavy atom. The number of carbonyl (C=O) groups excluding carboxylic acids is 2. The second-order valence-corrected chi connectivity index (χ2v) is 9.45. The monoisotopic (exact) mass is 446 g/mol. The minimum absolute atomic E-state index is 0.0401. The zero-order valence-corrected chi connectivity index (χ0v) is 18.9. The molecule has 4 rings (SSSR count). The maximum absolute atomic E-state index is 13.3. The van der Waals surface area contributed by atoms with Gasteiger partial charge >= 0.3 is 5.97 Å². The van der Waals surface area contributed by atoms with Gasteiger partial charge in [-0.1, -0.05) is 56.3 Å². The third-order valence-corrected chi connectivity index (χ3v) is 6.24. The standard InChI is InChI=1S/C26H26N2O5/c1-16-22(25(30)33-15-17-7-5-4-6-8-17)23(18-9-11-19(12-10-18)28(31)32)24-20(27-16)13-26(2,3)14-21(24)29/h4-12,22-23H,13-15H2,1-3H3/t22?,23-/m0/s1. The first-order valence-electron chi connectivity index (χ1n) is 10.9. The number of nitrogens with zero attached hydrogens (tertiary/aromatic N) is 2. The first-order chi connectivity index (χ1) is 15.7. The van der Waals surface area contributed by atoms with Crippen molar-refractivity contribution in [2.45, 2.75) is 46.1 Å². The van der Waals surface area contributed by atoms with E-state index < -0.39 is 22.7 Å². The zero-order valence-electron chi connectivity index (χ0n) is 18.9. The van der Waals surface area contributed by atoms with Crippen molar-refractivity contribution in [2.24, 2.45) is 16.3 Å². The van der Waals surface area contributed by atoms with Crippen LogP contribution in [0.15, 0.2) is 70.9 Å². The van der Waals surface area contributed by atoms with E-state index in [4.69, 9.17) is 9.73 Å². The number of ketones is 1. The topological polar surface area (TPSA) is 98.9 Å². The molecule has 2 atom stereocenters. The highest BCUT2D eigenvalue weighted by Gasteiger charge is 2.46. The lowest BCUT2D eigenvalue weighted by Gasteiger charge is -2.39. The van der Waals surface area contributed by atoms with Crippen LogP contribution < -0.4 is 0 Å². The zero-order chi connectivity index (χ0) is 23.8. The molecule has 1 aliphatic heterocycles. The fraction of sp³-hybridized carbons (Fsp3) is 0.346. The number of benzene rings is 2. The molecule has 0 spiro atoms. The molecular weight excluding hydrogens is 420 g/mol. The Balaban J connectivity index is 1.73. The largest absolute Gasteiger partial charge is 0.460 e. The quantitative estimate of drug-likeness (QED) is 0.359. The highest BCUT2D eigenvalue weighted by molar-refractivity contribution is 6.09. The van der Waals surface area contributed by atoms with Gasteiger partial charge in [0.05, 0.1) is 4.92 Å². The van der Waals surface area contributed by atoms with E-state index in [0.29, 0.717) is 35.4 Å². The predicted molar refractivity (Wildman–Crippen MR) is 124 cm³/mol. The summed E-state index contributed by atoms with van der Waals surface area (Å²) < 4.78 is 5.65. The molecule has 7 nitrogen and oxygen atoms in total. The number of nitro groups is 1. The summed E-state index contributed by atoms with van der Waals surface area (Å²) in [4.78, 5) is 41.9. The summed E-state index contributed by atoms with van der Waals surface area (Å²) >= 11 is 0. The third-order valence-electron chi connectivity index (χ3n) is 6.24. The summed E-state index contributed by atoms with van der Waals surface area (Å²) in [7, 11) is 0. The second-order valence-electron chi connectivity index (χ2n) is 9.45. The molecule has 0 saturated carbocycles. The van der Waals surface area contributed by atoms with Gasteiger partial charge in [-0.05, 0) is 29.9 Å².